The van der Waals surface area contributed by atoms with Gasteiger partial charge in [-0.3, -0.25) is 4.99 Å². The summed E-state index contributed by atoms with van der Waals surface area (Å²) in [5.41, 5.74) is 0. The molecule has 0 aliphatic rings. The summed E-state index contributed by atoms with van der Waals surface area (Å²) in [6.45, 7) is 3.59. The minimum Gasteiger partial charge on any atom is -0.300 e. The second-order valence-electron chi connectivity index (χ2n) is 1.59. The van der Waals surface area contributed by atoms with E-state index in [0.29, 0.717) is 6.54 Å². The van der Waals surface area contributed by atoms with Gasteiger partial charge in [-0.15, -0.1) is 0 Å². The van der Waals surface area contributed by atoms with E-state index in [1.807, 2.05) is 12.1 Å². The number of aliphatic imine (C=N–C) groups is 1. The summed E-state index contributed by atoms with van der Waals surface area (Å²) >= 11 is 0. The molecule has 0 amide bonds. The first kappa shape index (κ1) is 7.65. The number of nitriles is 2. The van der Waals surface area contributed by atoms with Crippen molar-refractivity contribution in [1.29, 1.82) is 10.5 Å². The Morgan fingerprint density at radius 3 is 2.56 bits per heavy atom. The first-order valence-corrected chi connectivity index (χ1v) is 2.54. The quantitative estimate of drug-likeness (QED) is 0.517. The molecule has 0 heterocycles. The molecule has 0 N–H and O–H groups in total. The molecule has 0 rings (SSSR count). The van der Waals surface area contributed by atoms with Gasteiger partial charge in [0, 0.05) is 0 Å². The summed E-state index contributed by atoms with van der Waals surface area (Å²) < 4.78 is 0. The van der Waals surface area contributed by atoms with Crippen molar-refractivity contribution >= 4 is 6.72 Å². The molecule has 0 aromatic carbocycles. The van der Waals surface area contributed by atoms with E-state index >= 15 is 0 Å². The maximum absolute atomic E-state index is 8.30. The van der Waals surface area contributed by atoms with Crippen molar-refractivity contribution < 1.29 is 0 Å². The Morgan fingerprint density at radius 2 is 2.22 bits per heavy atom. The molecule has 1 atom stereocenters. The molecule has 0 saturated carbocycles. The van der Waals surface area contributed by atoms with Crippen molar-refractivity contribution in [2.24, 2.45) is 10.9 Å². The average Bonchev–Trinajstić information content (AvgIpc) is 1.88. The Balaban J connectivity index is 3.60. The second kappa shape index (κ2) is 4.80. The zero-order chi connectivity index (χ0) is 7.11. The summed E-state index contributed by atoms with van der Waals surface area (Å²) in [5.74, 6) is -0.271. The van der Waals surface area contributed by atoms with E-state index in [-0.39, 0.29) is 12.3 Å². The topological polar surface area (TPSA) is 59.9 Å². The molecule has 0 radical (unpaired) electrons. The van der Waals surface area contributed by atoms with Gasteiger partial charge in [-0.1, -0.05) is 0 Å². The fourth-order valence-electron chi connectivity index (χ4n) is 0.417. The molecule has 0 bridgehead atoms. The Morgan fingerprint density at radius 1 is 1.56 bits per heavy atom. The third kappa shape index (κ3) is 3.25. The minimum absolute atomic E-state index is 0.246. The zero-order valence-electron chi connectivity index (χ0n) is 5.04. The first-order valence-electron chi connectivity index (χ1n) is 2.54. The van der Waals surface area contributed by atoms with Gasteiger partial charge >= 0.3 is 0 Å². The van der Waals surface area contributed by atoms with E-state index < -0.39 is 0 Å². The van der Waals surface area contributed by atoms with Gasteiger partial charge in [-0.05, 0) is 6.72 Å². The van der Waals surface area contributed by atoms with E-state index in [0.717, 1.165) is 0 Å². The molecule has 0 saturated heterocycles. The molecular formula is C6H7N3. The Labute approximate surface area is 54.2 Å². The van der Waals surface area contributed by atoms with Gasteiger partial charge in [0.1, 0.15) is 0 Å². The predicted octanol–water partition coefficient (Wildman–Crippen LogP) is 0.740. The largest absolute Gasteiger partial charge is 0.300 e. The lowest BCUT2D eigenvalue weighted by Gasteiger charge is -1.94. The van der Waals surface area contributed by atoms with Crippen molar-refractivity contribution in [3.8, 4) is 12.1 Å². The first-order chi connectivity index (χ1) is 4.35. The van der Waals surface area contributed by atoms with Crippen LogP contribution in [0.5, 0.6) is 0 Å². The molecule has 46 valence electrons. The van der Waals surface area contributed by atoms with Crippen LogP contribution in [0.4, 0.5) is 0 Å². The van der Waals surface area contributed by atoms with Crippen LogP contribution in [0.25, 0.3) is 0 Å². The van der Waals surface area contributed by atoms with Gasteiger partial charge in [-0.25, -0.2) is 0 Å². The van der Waals surface area contributed by atoms with Gasteiger partial charge in [0.25, 0.3) is 0 Å². The van der Waals surface area contributed by atoms with Crippen LogP contribution in [0.1, 0.15) is 6.42 Å². The van der Waals surface area contributed by atoms with Gasteiger partial charge in [-0.2, -0.15) is 10.5 Å². The van der Waals surface area contributed by atoms with Crippen molar-refractivity contribution in [3.05, 3.63) is 0 Å². The van der Waals surface area contributed by atoms with Crippen LogP contribution in [0.15, 0.2) is 4.99 Å². The lowest BCUT2D eigenvalue weighted by atomic mass is 10.1. The molecule has 0 aromatic rings. The maximum atomic E-state index is 8.30. The van der Waals surface area contributed by atoms with Crippen LogP contribution in [0, 0.1) is 28.6 Å². The molecule has 0 aliphatic carbocycles. The third-order valence-corrected chi connectivity index (χ3v) is 0.870. The third-order valence-electron chi connectivity index (χ3n) is 0.870. The second-order valence-corrected chi connectivity index (χ2v) is 1.59. The standard InChI is InChI=1S/C6H7N3/c1-9-5-6(4-8)2-3-7/h6H,1-2,5H2. The normalized spacial score (nSPS) is 10.9. The summed E-state index contributed by atoms with van der Waals surface area (Å²) in [6, 6.07) is 3.84. The number of hydrogen-bond donors (Lipinski definition) is 0. The zero-order valence-corrected chi connectivity index (χ0v) is 5.04. The lowest BCUT2D eigenvalue weighted by molar-refractivity contribution is 0.700. The molecule has 9 heavy (non-hydrogen) atoms. The maximum Gasteiger partial charge on any atom is 0.0788 e. The van der Waals surface area contributed by atoms with Crippen LogP contribution in [0.3, 0.4) is 0 Å². The summed E-state index contributed by atoms with van der Waals surface area (Å²) in [7, 11) is 0. The van der Waals surface area contributed by atoms with Crippen molar-refractivity contribution in [2.75, 3.05) is 6.54 Å². The highest BCUT2D eigenvalue weighted by Crippen LogP contribution is 1.98. The highest BCUT2D eigenvalue weighted by molar-refractivity contribution is 5.23. The molecule has 0 fully saturated rings. The summed E-state index contributed by atoms with van der Waals surface area (Å²) in [4.78, 5) is 3.50. The van der Waals surface area contributed by atoms with Crippen LogP contribution in [-0.2, 0) is 0 Å². The highest BCUT2D eigenvalue weighted by Gasteiger charge is 2.02. The predicted molar refractivity (Wildman–Crippen MR) is 33.7 cm³/mol. The Bertz CT molecular complexity index is 160. The molecule has 0 aromatic heterocycles. The number of rotatable bonds is 3. The Kier molecular flexibility index (Phi) is 4.08. The van der Waals surface area contributed by atoms with Gasteiger partial charge < -0.3 is 0 Å². The highest BCUT2D eigenvalue weighted by atomic mass is 14.7. The van der Waals surface area contributed by atoms with E-state index in [9.17, 15) is 0 Å². The lowest BCUT2D eigenvalue weighted by Crippen LogP contribution is -1.98. The molecule has 3 nitrogen and oxygen atoms in total. The molecule has 0 aliphatic heterocycles. The van der Waals surface area contributed by atoms with Crippen LogP contribution >= 0.6 is 0 Å². The smallest absolute Gasteiger partial charge is 0.0788 e. The van der Waals surface area contributed by atoms with Crippen LogP contribution in [-0.4, -0.2) is 13.3 Å². The van der Waals surface area contributed by atoms with Gasteiger partial charge in [0.2, 0.25) is 0 Å². The van der Waals surface area contributed by atoms with Gasteiger partial charge in [0.15, 0.2) is 0 Å². The van der Waals surface area contributed by atoms with E-state index in [1.54, 1.807) is 0 Å². The van der Waals surface area contributed by atoms with Crippen molar-refractivity contribution in [2.45, 2.75) is 6.42 Å². The fourth-order valence-corrected chi connectivity index (χ4v) is 0.417. The fraction of sp³-hybridized carbons (Fsp3) is 0.500. The molecule has 0 spiro atoms. The Hall–Kier alpha value is -1.35. The van der Waals surface area contributed by atoms with Crippen LogP contribution < -0.4 is 0 Å². The van der Waals surface area contributed by atoms with Crippen molar-refractivity contribution in [3.63, 3.8) is 0 Å². The summed E-state index contributed by atoms with van der Waals surface area (Å²) in [5, 5.41) is 16.4. The van der Waals surface area contributed by atoms with Gasteiger partial charge in [0.05, 0.1) is 31.0 Å². The van der Waals surface area contributed by atoms with E-state index in [4.69, 9.17) is 10.5 Å². The summed E-state index contributed by atoms with van der Waals surface area (Å²) in [6.07, 6.45) is 0.246. The molecule has 3 heteroatoms. The molecular weight excluding hydrogens is 114 g/mol. The molecule has 1 unspecified atom stereocenters. The van der Waals surface area contributed by atoms with E-state index in [2.05, 4.69) is 11.7 Å². The average molecular weight is 121 g/mol. The monoisotopic (exact) mass is 121 g/mol. The van der Waals surface area contributed by atoms with E-state index in [1.165, 1.54) is 0 Å². The number of hydrogen-bond acceptors (Lipinski definition) is 3. The minimum atomic E-state index is -0.271. The number of nitrogens with zero attached hydrogens (tertiary/aromatic N) is 3. The SMILES string of the molecule is C=NCC(C#N)CC#N. The van der Waals surface area contributed by atoms with Crippen molar-refractivity contribution in [1.82, 2.24) is 0 Å². The van der Waals surface area contributed by atoms with Crippen LogP contribution in [0.2, 0.25) is 0 Å².